The normalized spacial score (nSPS) is 20.5. The quantitative estimate of drug-likeness (QED) is 0.785. The van der Waals surface area contributed by atoms with E-state index in [-0.39, 0.29) is 29.3 Å². The summed E-state index contributed by atoms with van der Waals surface area (Å²) in [6.07, 6.45) is -0.135. The molecule has 2 atom stereocenters. The van der Waals surface area contributed by atoms with E-state index < -0.39 is 12.6 Å². The summed E-state index contributed by atoms with van der Waals surface area (Å²) >= 11 is 0. The van der Waals surface area contributed by atoms with E-state index in [0.717, 1.165) is 6.07 Å². The van der Waals surface area contributed by atoms with E-state index in [2.05, 4.69) is 0 Å². The van der Waals surface area contributed by atoms with Crippen molar-refractivity contribution in [1.29, 1.82) is 0 Å². The number of carbonyl (C=O) groups excluding carboxylic acids is 2. The third kappa shape index (κ3) is 3.88. The molecule has 7 nitrogen and oxygen atoms in total. The van der Waals surface area contributed by atoms with Crippen LogP contribution < -0.4 is 5.43 Å². The van der Waals surface area contributed by atoms with Crippen LogP contribution in [0.1, 0.15) is 24.4 Å². The van der Waals surface area contributed by atoms with Crippen molar-refractivity contribution < 1.29 is 23.5 Å². The average molecular weight is 345 g/mol. The lowest BCUT2D eigenvalue weighted by Crippen LogP contribution is -2.49. The van der Waals surface area contributed by atoms with Gasteiger partial charge in [0.15, 0.2) is 12.0 Å². The van der Waals surface area contributed by atoms with Crippen LogP contribution in [0, 0.1) is 0 Å². The van der Waals surface area contributed by atoms with E-state index in [1.807, 2.05) is 13.8 Å². The maximum atomic E-state index is 12.2. The van der Waals surface area contributed by atoms with Gasteiger partial charge in [-0.25, -0.2) is 4.79 Å². The molecule has 2 aromatic rings. The number of rotatable bonds is 3. The predicted octanol–water partition coefficient (Wildman–Crippen LogP) is 1.59. The summed E-state index contributed by atoms with van der Waals surface area (Å²) in [5, 5.41) is 0.381. The summed E-state index contributed by atoms with van der Waals surface area (Å²) < 4.78 is 16.0. The highest BCUT2D eigenvalue weighted by molar-refractivity contribution is 5.90. The molecule has 1 amide bonds. The molecule has 1 fully saturated rings. The highest BCUT2D eigenvalue weighted by Crippen LogP contribution is 2.13. The molecular weight excluding hydrogens is 326 g/mol. The van der Waals surface area contributed by atoms with Gasteiger partial charge >= 0.3 is 5.97 Å². The largest absolute Gasteiger partial charge is 0.450 e. The molecule has 0 saturated carbocycles. The van der Waals surface area contributed by atoms with Crippen LogP contribution in [0.15, 0.2) is 39.5 Å². The molecule has 132 valence electrons. The summed E-state index contributed by atoms with van der Waals surface area (Å²) in [4.78, 5) is 37.9. The second kappa shape index (κ2) is 7.06. The molecule has 0 spiro atoms. The minimum Gasteiger partial charge on any atom is -0.450 e. The van der Waals surface area contributed by atoms with Crippen LogP contribution in [0.3, 0.4) is 0 Å². The Morgan fingerprint density at radius 2 is 1.88 bits per heavy atom. The summed E-state index contributed by atoms with van der Waals surface area (Å²) in [5.41, 5.74) is -0.0416. The van der Waals surface area contributed by atoms with E-state index in [4.69, 9.17) is 13.9 Å². The van der Waals surface area contributed by atoms with Crippen LogP contribution >= 0.6 is 0 Å². The van der Waals surface area contributed by atoms with Gasteiger partial charge in [0.1, 0.15) is 5.58 Å². The third-order valence-electron chi connectivity index (χ3n) is 3.93. The lowest BCUT2D eigenvalue weighted by Gasteiger charge is -2.35. The first-order chi connectivity index (χ1) is 11.9. The van der Waals surface area contributed by atoms with Crippen molar-refractivity contribution in [2.75, 3.05) is 19.7 Å². The molecule has 0 bridgehead atoms. The molecule has 2 heterocycles. The molecule has 3 rings (SSSR count). The Balaban J connectivity index is 1.66. The molecule has 0 unspecified atom stereocenters. The highest BCUT2D eigenvalue weighted by Gasteiger charge is 2.26. The van der Waals surface area contributed by atoms with Gasteiger partial charge in [0.05, 0.1) is 17.6 Å². The molecule has 1 saturated heterocycles. The van der Waals surface area contributed by atoms with E-state index in [1.54, 1.807) is 29.2 Å². The second-order valence-corrected chi connectivity index (χ2v) is 6.10. The van der Waals surface area contributed by atoms with Crippen molar-refractivity contribution in [3.8, 4) is 0 Å². The van der Waals surface area contributed by atoms with Crippen LogP contribution in [-0.2, 0) is 14.3 Å². The molecule has 1 aliphatic heterocycles. The summed E-state index contributed by atoms with van der Waals surface area (Å²) in [7, 11) is 0. The molecule has 0 radical (unpaired) electrons. The standard InChI is InChI=1S/C18H19NO6/c1-11-8-19(9-12(2)24-11)17(21)10-23-18(22)16-7-14(20)13-5-3-4-6-15(13)25-16/h3-7,11-12H,8-10H2,1-2H3/t11-,12-/m0/s1. The minimum absolute atomic E-state index is 0.0677. The van der Waals surface area contributed by atoms with Gasteiger partial charge in [-0.15, -0.1) is 0 Å². The Kier molecular flexibility index (Phi) is 4.85. The third-order valence-corrected chi connectivity index (χ3v) is 3.93. The number of ether oxygens (including phenoxy) is 2. The van der Waals surface area contributed by atoms with E-state index >= 15 is 0 Å². The van der Waals surface area contributed by atoms with Gasteiger partial charge < -0.3 is 18.8 Å². The van der Waals surface area contributed by atoms with Crippen LogP contribution in [-0.4, -0.2) is 48.7 Å². The molecule has 0 N–H and O–H groups in total. The van der Waals surface area contributed by atoms with Crippen LogP contribution in [0.25, 0.3) is 11.0 Å². The molecule has 7 heteroatoms. The van der Waals surface area contributed by atoms with E-state index in [0.29, 0.717) is 24.1 Å². The maximum absolute atomic E-state index is 12.2. The zero-order valence-corrected chi connectivity index (χ0v) is 14.1. The van der Waals surface area contributed by atoms with Gasteiger partial charge in [-0.05, 0) is 26.0 Å². The molecule has 25 heavy (non-hydrogen) atoms. The van der Waals surface area contributed by atoms with Crippen LogP contribution in [0.5, 0.6) is 0 Å². The van der Waals surface area contributed by atoms with Gasteiger partial charge in [0.25, 0.3) is 5.91 Å². The first kappa shape index (κ1) is 17.2. The Morgan fingerprint density at radius 1 is 1.20 bits per heavy atom. The number of hydrogen-bond acceptors (Lipinski definition) is 6. The van der Waals surface area contributed by atoms with Crippen molar-refractivity contribution in [3.05, 3.63) is 46.3 Å². The minimum atomic E-state index is -0.842. The number of esters is 1. The highest BCUT2D eigenvalue weighted by atomic mass is 16.5. The summed E-state index contributed by atoms with van der Waals surface area (Å²) in [6, 6.07) is 7.69. The molecule has 1 aliphatic rings. The van der Waals surface area contributed by atoms with Gasteiger partial charge in [-0.3, -0.25) is 9.59 Å². The lowest BCUT2D eigenvalue weighted by molar-refractivity contribution is -0.146. The Morgan fingerprint density at radius 3 is 2.60 bits per heavy atom. The van der Waals surface area contributed by atoms with Crippen molar-refractivity contribution in [3.63, 3.8) is 0 Å². The second-order valence-electron chi connectivity index (χ2n) is 6.10. The van der Waals surface area contributed by atoms with Crippen LogP contribution in [0.2, 0.25) is 0 Å². The number of nitrogens with zero attached hydrogens (tertiary/aromatic N) is 1. The van der Waals surface area contributed by atoms with Gasteiger partial charge in [0.2, 0.25) is 5.76 Å². The van der Waals surface area contributed by atoms with Crippen molar-refractivity contribution in [2.45, 2.75) is 26.1 Å². The number of morpholine rings is 1. The topological polar surface area (TPSA) is 86.0 Å². The molecule has 1 aromatic carbocycles. The Bertz CT molecular complexity index is 848. The first-order valence-corrected chi connectivity index (χ1v) is 8.07. The lowest BCUT2D eigenvalue weighted by atomic mass is 10.2. The van der Waals surface area contributed by atoms with E-state index in [1.165, 1.54) is 0 Å². The van der Waals surface area contributed by atoms with Gasteiger partial charge in [-0.2, -0.15) is 0 Å². The molecule has 1 aromatic heterocycles. The van der Waals surface area contributed by atoms with Crippen LogP contribution in [0.4, 0.5) is 0 Å². The SMILES string of the molecule is C[C@H]1CN(C(=O)COC(=O)c2cc(=O)c3ccccc3o2)C[C@H](C)O1. The van der Waals surface area contributed by atoms with Crippen molar-refractivity contribution in [1.82, 2.24) is 4.90 Å². The smallest absolute Gasteiger partial charge is 0.374 e. The zero-order chi connectivity index (χ0) is 18.0. The number of fused-ring (bicyclic) bond motifs is 1. The summed E-state index contributed by atoms with van der Waals surface area (Å²) in [5.74, 6) is -1.37. The number of para-hydroxylation sites is 1. The monoisotopic (exact) mass is 345 g/mol. The van der Waals surface area contributed by atoms with Crippen molar-refractivity contribution in [2.24, 2.45) is 0 Å². The number of hydrogen-bond donors (Lipinski definition) is 0. The Hall–Kier alpha value is -2.67. The first-order valence-electron chi connectivity index (χ1n) is 8.07. The molecular formula is C18H19NO6. The maximum Gasteiger partial charge on any atom is 0.374 e. The number of benzene rings is 1. The fourth-order valence-corrected chi connectivity index (χ4v) is 2.88. The van der Waals surface area contributed by atoms with Gasteiger partial charge in [0, 0.05) is 19.2 Å². The van der Waals surface area contributed by atoms with Gasteiger partial charge in [-0.1, -0.05) is 12.1 Å². The summed E-state index contributed by atoms with van der Waals surface area (Å²) in [6.45, 7) is 4.25. The average Bonchev–Trinajstić information content (AvgIpc) is 2.58. The molecule has 0 aliphatic carbocycles. The van der Waals surface area contributed by atoms with Crippen molar-refractivity contribution >= 4 is 22.8 Å². The number of carbonyl (C=O) groups is 2. The Labute approximate surface area is 144 Å². The number of amides is 1. The fourth-order valence-electron chi connectivity index (χ4n) is 2.88. The fraction of sp³-hybridized carbons (Fsp3) is 0.389. The van der Waals surface area contributed by atoms with E-state index in [9.17, 15) is 14.4 Å². The predicted molar refractivity (Wildman–Crippen MR) is 89.4 cm³/mol. The zero-order valence-electron chi connectivity index (χ0n) is 14.1.